The SMILES string of the molecule is N#Cc1cc(O)cc(-c2ccccc2C(=O)C2CCNC2)c1. The molecule has 0 radical (unpaired) electrons. The zero-order valence-corrected chi connectivity index (χ0v) is 12.0. The van der Waals surface area contributed by atoms with E-state index < -0.39 is 0 Å². The fourth-order valence-electron chi connectivity index (χ4n) is 2.88. The highest BCUT2D eigenvalue weighted by Crippen LogP contribution is 2.30. The van der Waals surface area contributed by atoms with Gasteiger partial charge in [0.15, 0.2) is 5.78 Å². The molecule has 3 rings (SSSR count). The number of carbonyl (C=O) groups excluding carboxylic acids is 1. The molecular weight excluding hydrogens is 276 g/mol. The van der Waals surface area contributed by atoms with Crippen molar-refractivity contribution >= 4 is 5.78 Å². The Bertz CT molecular complexity index is 756. The second-order valence-electron chi connectivity index (χ2n) is 5.48. The normalized spacial score (nSPS) is 17.1. The van der Waals surface area contributed by atoms with Crippen LogP contribution in [0.4, 0.5) is 0 Å². The van der Waals surface area contributed by atoms with E-state index in [1.54, 1.807) is 12.1 Å². The summed E-state index contributed by atoms with van der Waals surface area (Å²) in [6.45, 7) is 1.57. The number of hydrogen-bond acceptors (Lipinski definition) is 4. The van der Waals surface area contributed by atoms with Gasteiger partial charge in [-0.15, -0.1) is 0 Å². The van der Waals surface area contributed by atoms with E-state index in [2.05, 4.69) is 5.32 Å². The summed E-state index contributed by atoms with van der Waals surface area (Å²) >= 11 is 0. The van der Waals surface area contributed by atoms with Crippen LogP contribution in [0, 0.1) is 17.2 Å². The summed E-state index contributed by atoms with van der Waals surface area (Å²) < 4.78 is 0. The lowest BCUT2D eigenvalue weighted by atomic mass is 9.90. The summed E-state index contributed by atoms with van der Waals surface area (Å²) in [6, 6.07) is 14.1. The molecule has 1 heterocycles. The Labute approximate surface area is 129 Å². The number of phenols is 1. The van der Waals surface area contributed by atoms with E-state index in [-0.39, 0.29) is 17.5 Å². The van der Waals surface area contributed by atoms with Crippen LogP contribution in [-0.4, -0.2) is 24.0 Å². The van der Waals surface area contributed by atoms with Crippen molar-refractivity contribution in [2.24, 2.45) is 5.92 Å². The molecule has 2 N–H and O–H groups in total. The van der Waals surface area contributed by atoms with Gasteiger partial charge < -0.3 is 10.4 Å². The molecule has 0 bridgehead atoms. The first-order valence-corrected chi connectivity index (χ1v) is 7.27. The highest BCUT2D eigenvalue weighted by Gasteiger charge is 2.25. The molecule has 110 valence electrons. The molecule has 0 saturated carbocycles. The molecule has 1 unspecified atom stereocenters. The minimum absolute atomic E-state index is 0.00565. The number of nitrogens with one attached hydrogen (secondary N) is 1. The number of phenolic OH excluding ortho intramolecular Hbond substituents is 1. The average molecular weight is 292 g/mol. The van der Waals surface area contributed by atoms with E-state index in [0.717, 1.165) is 18.5 Å². The molecule has 22 heavy (non-hydrogen) atoms. The molecule has 2 aromatic rings. The number of rotatable bonds is 3. The van der Waals surface area contributed by atoms with Gasteiger partial charge in [0.1, 0.15) is 5.75 Å². The summed E-state index contributed by atoms with van der Waals surface area (Å²) in [5, 5.41) is 22.0. The third-order valence-electron chi connectivity index (χ3n) is 3.98. The molecule has 1 aliphatic heterocycles. The van der Waals surface area contributed by atoms with E-state index in [4.69, 9.17) is 5.26 Å². The Morgan fingerprint density at radius 3 is 2.82 bits per heavy atom. The first-order chi connectivity index (χ1) is 10.7. The maximum atomic E-state index is 12.7. The fraction of sp³-hybridized carbons (Fsp3) is 0.222. The molecule has 1 aliphatic rings. The van der Waals surface area contributed by atoms with Gasteiger partial charge in [0.2, 0.25) is 0 Å². The van der Waals surface area contributed by atoms with Gasteiger partial charge in [-0.05, 0) is 42.3 Å². The van der Waals surface area contributed by atoms with Gasteiger partial charge in [0.25, 0.3) is 0 Å². The Hall–Kier alpha value is -2.64. The molecule has 0 spiro atoms. The van der Waals surface area contributed by atoms with E-state index in [9.17, 15) is 9.90 Å². The van der Waals surface area contributed by atoms with Crippen LogP contribution in [0.15, 0.2) is 42.5 Å². The molecule has 1 fully saturated rings. The first kappa shape index (κ1) is 14.3. The van der Waals surface area contributed by atoms with Crippen LogP contribution in [0.25, 0.3) is 11.1 Å². The molecule has 4 heteroatoms. The largest absolute Gasteiger partial charge is 0.508 e. The van der Waals surface area contributed by atoms with Crippen LogP contribution < -0.4 is 5.32 Å². The minimum Gasteiger partial charge on any atom is -0.508 e. The minimum atomic E-state index is -0.00565. The lowest BCUT2D eigenvalue weighted by Gasteiger charge is -2.13. The predicted molar refractivity (Wildman–Crippen MR) is 83.6 cm³/mol. The summed E-state index contributed by atoms with van der Waals surface area (Å²) in [4.78, 5) is 12.7. The van der Waals surface area contributed by atoms with Crippen LogP contribution in [0.2, 0.25) is 0 Å². The topological polar surface area (TPSA) is 73.1 Å². The van der Waals surface area contributed by atoms with Gasteiger partial charge in [-0.1, -0.05) is 24.3 Å². The zero-order chi connectivity index (χ0) is 15.5. The van der Waals surface area contributed by atoms with Gasteiger partial charge in [-0.2, -0.15) is 5.26 Å². The quantitative estimate of drug-likeness (QED) is 0.853. The molecule has 0 amide bonds. The summed E-state index contributed by atoms with van der Waals surface area (Å²) in [6.07, 6.45) is 0.844. The Morgan fingerprint density at radius 2 is 2.09 bits per heavy atom. The van der Waals surface area contributed by atoms with Crippen molar-refractivity contribution in [3.05, 3.63) is 53.6 Å². The van der Waals surface area contributed by atoms with E-state index in [1.807, 2.05) is 30.3 Å². The molecule has 1 saturated heterocycles. The monoisotopic (exact) mass is 292 g/mol. The van der Waals surface area contributed by atoms with Crippen molar-refractivity contribution < 1.29 is 9.90 Å². The second-order valence-corrected chi connectivity index (χ2v) is 5.48. The van der Waals surface area contributed by atoms with Crippen molar-refractivity contribution in [1.29, 1.82) is 5.26 Å². The number of Topliss-reactive ketones (excluding diaryl/α,β-unsaturated/α-hetero) is 1. The number of nitriles is 1. The van der Waals surface area contributed by atoms with Gasteiger partial charge in [-0.3, -0.25) is 4.79 Å². The highest BCUT2D eigenvalue weighted by atomic mass is 16.3. The van der Waals surface area contributed by atoms with Gasteiger partial charge in [0, 0.05) is 18.0 Å². The van der Waals surface area contributed by atoms with Crippen molar-refractivity contribution in [3.63, 3.8) is 0 Å². The Kier molecular flexibility index (Phi) is 3.90. The smallest absolute Gasteiger partial charge is 0.167 e. The second kappa shape index (κ2) is 6.00. The number of benzene rings is 2. The predicted octanol–water partition coefficient (Wildman–Crippen LogP) is 2.72. The molecule has 4 nitrogen and oxygen atoms in total. The number of carbonyl (C=O) groups is 1. The summed E-state index contributed by atoms with van der Waals surface area (Å²) in [7, 11) is 0. The molecular formula is C18H16N2O2. The number of ketones is 1. The number of aromatic hydroxyl groups is 1. The maximum Gasteiger partial charge on any atom is 0.167 e. The van der Waals surface area contributed by atoms with Crippen molar-refractivity contribution in [3.8, 4) is 22.9 Å². The van der Waals surface area contributed by atoms with Crippen LogP contribution >= 0.6 is 0 Å². The Morgan fingerprint density at radius 1 is 1.27 bits per heavy atom. The van der Waals surface area contributed by atoms with Crippen molar-refractivity contribution in [1.82, 2.24) is 5.32 Å². The first-order valence-electron chi connectivity index (χ1n) is 7.27. The fourth-order valence-corrected chi connectivity index (χ4v) is 2.88. The van der Waals surface area contributed by atoms with Crippen molar-refractivity contribution in [2.45, 2.75) is 6.42 Å². The number of hydrogen-bond donors (Lipinski definition) is 2. The lowest BCUT2D eigenvalue weighted by Crippen LogP contribution is -2.18. The molecule has 0 aliphatic carbocycles. The number of nitrogens with zero attached hydrogens (tertiary/aromatic N) is 1. The van der Waals surface area contributed by atoms with Gasteiger partial charge >= 0.3 is 0 Å². The third kappa shape index (κ3) is 2.72. The summed E-state index contributed by atoms with van der Waals surface area (Å²) in [5.41, 5.74) is 2.46. The van der Waals surface area contributed by atoms with E-state index in [1.165, 1.54) is 6.07 Å². The van der Waals surface area contributed by atoms with Crippen molar-refractivity contribution in [2.75, 3.05) is 13.1 Å². The van der Waals surface area contributed by atoms with E-state index >= 15 is 0 Å². The van der Waals surface area contributed by atoms with Crippen LogP contribution in [0.1, 0.15) is 22.3 Å². The maximum absolute atomic E-state index is 12.7. The zero-order valence-electron chi connectivity index (χ0n) is 12.0. The van der Waals surface area contributed by atoms with Crippen LogP contribution in [0.5, 0.6) is 5.75 Å². The molecule has 1 atom stereocenters. The molecule has 0 aromatic heterocycles. The Balaban J connectivity index is 2.06. The lowest BCUT2D eigenvalue weighted by molar-refractivity contribution is 0.0931. The summed E-state index contributed by atoms with van der Waals surface area (Å²) in [5.74, 6) is 0.134. The van der Waals surface area contributed by atoms with Crippen LogP contribution in [-0.2, 0) is 0 Å². The third-order valence-corrected chi connectivity index (χ3v) is 3.98. The molecule has 2 aromatic carbocycles. The van der Waals surface area contributed by atoms with Gasteiger partial charge in [0.05, 0.1) is 11.6 Å². The highest BCUT2D eigenvalue weighted by molar-refractivity contribution is 6.04. The van der Waals surface area contributed by atoms with Crippen LogP contribution in [0.3, 0.4) is 0 Å². The standard InChI is InChI=1S/C18H16N2O2/c19-10-12-7-14(9-15(21)8-12)16-3-1-2-4-17(16)18(22)13-5-6-20-11-13/h1-4,7-9,13,20-21H,5-6,11H2. The average Bonchev–Trinajstić information content (AvgIpc) is 3.08. The van der Waals surface area contributed by atoms with Gasteiger partial charge in [-0.25, -0.2) is 0 Å². The van der Waals surface area contributed by atoms with E-state index in [0.29, 0.717) is 23.2 Å².